The lowest BCUT2D eigenvalue weighted by Crippen LogP contribution is -2.27. The molecule has 0 heterocycles. The van der Waals surface area contributed by atoms with E-state index in [9.17, 15) is 0 Å². The highest BCUT2D eigenvalue weighted by Gasteiger charge is 2.28. The molecule has 0 spiro atoms. The smallest absolute Gasteiger partial charge is 0.0488 e. The van der Waals surface area contributed by atoms with Gasteiger partial charge in [-0.25, -0.2) is 0 Å². The Hall–Kier alpha value is 0.210. The van der Waals surface area contributed by atoms with Crippen LogP contribution < -0.4 is 5.32 Å². The maximum Gasteiger partial charge on any atom is 0.0488 e. The van der Waals surface area contributed by atoms with Gasteiger partial charge >= 0.3 is 0 Å². The zero-order chi connectivity index (χ0) is 9.68. The van der Waals surface area contributed by atoms with Crippen molar-refractivity contribution in [3.63, 3.8) is 0 Å². The molecule has 0 radical (unpaired) electrons. The molecule has 0 bridgehead atoms. The van der Waals surface area contributed by atoms with Gasteiger partial charge in [-0.3, -0.25) is 0 Å². The van der Waals surface area contributed by atoms with E-state index in [1.165, 1.54) is 19.3 Å². The summed E-state index contributed by atoms with van der Waals surface area (Å²) in [4.78, 5) is 2.21. The summed E-state index contributed by atoms with van der Waals surface area (Å²) in [6, 6.07) is 0. The van der Waals surface area contributed by atoms with Crippen LogP contribution in [-0.4, -0.2) is 44.0 Å². The summed E-state index contributed by atoms with van der Waals surface area (Å²) in [6.45, 7) is 3.23. The molecule has 1 aliphatic carbocycles. The van der Waals surface area contributed by atoms with Crippen molar-refractivity contribution in [3.8, 4) is 0 Å². The predicted octanol–water partition coefficient (Wildman–Crippen LogP) is 1.55. The number of halogens is 1. The summed E-state index contributed by atoms with van der Waals surface area (Å²) in [5.41, 5.74) is 0. The number of nitrogens with zero attached hydrogens (tertiary/aromatic N) is 1. The first-order chi connectivity index (χ1) is 6.20. The third kappa shape index (κ3) is 5.50. The fourth-order valence-corrected chi connectivity index (χ4v) is 1.75. The highest BCUT2D eigenvalue weighted by molar-refractivity contribution is 6.21. The topological polar surface area (TPSA) is 15.3 Å². The van der Waals surface area contributed by atoms with Gasteiger partial charge in [0.1, 0.15) is 0 Å². The van der Waals surface area contributed by atoms with Crippen molar-refractivity contribution in [1.82, 2.24) is 10.2 Å². The van der Waals surface area contributed by atoms with Gasteiger partial charge in [-0.1, -0.05) is 0 Å². The average molecular weight is 205 g/mol. The SMILES string of the molecule is CN(C)CCCNCC(Cl)C1CC1. The van der Waals surface area contributed by atoms with Gasteiger partial charge in [-0.05, 0) is 52.4 Å². The molecule has 2 nitrogen and oxygen atoms in total. The molecule has 78 valence electrons. The van der Waals surface area contributed by atoms with E-state index >= 15 is 0 Å². The van der Waals surface area contributed by atoms with E-state index in [1.807, 2.05) is 0 Å². The van der Waals surface area contributed by atoms with Crippen molar-refractivity contribution in [2.24, 2.45) is 5.92 Å². The second-order valence-electron chi connectivity index (χ2n) is 4.21. The zero-order valence-corrected chi connectivity index (χ0v) is 9.48. The Morgan fingerprint density at radius 3 is 2.69 bits per heavy atom. The Kier molecular flexibility index (Phi) is 5.07. The molecule has 1 rings (SSSR count). The molecule has 3 heteroatoms. The Balaban J connectivity index is 1.83. The van der Waals surface area contributed by atoms with Crippen molar-refractivity contribution in [2.75, 3.05) is 33.7 Å². The Labute approximate surface area is 86.6 Å². The van der Waals surface area contributed by atoms with E-state index in [1.54, 1.807) is 0 Å². The number of alkyl halides is 1. The Morgan fingerprint density at radius 1 is 1.46 bits per heavy atom. The van der Waals surface area contributed by atoms with Crippen molar-refractivity contribution >= 4 is 11.6 Å². The summed E-state index contributed by atoms with van der Waals surface area (Å²) in [7, 11) is 4.21. The zero-order valence-electron chi connectivity index (χ0n) is 8.72. The number of nitrogens with one attached hydrogen (secondary N) is 1. The van der Waals surface area contributed by atoms with Crippen molar-refractivity contribution in [2.45, 2.75) is 24.6 Å². The first-order valence-corrected chi connectivity index (χ1v) is 5.63. The predicted molar refractivity (Wildman–Crippen MR) is 58.4 cm³/mol. The van der Waals surface area contributed by atoms with E-state index < -0.39 is 0 Å². The molecular formula is C10H21ClN2. The van der Waals surface area contributed by atoms with Gasteiger partial charge in [0.2, 0.25) is 0 Å². The lowest BCUT2D eigenvalue weighted by atomic mass is 10.3. The van der Waals surface area contributed by atoms with Crippen LogP contribution in [0, 0.1) is 5.92 Å². The van der Waals surface area contributed by atoms with Crippen molar-refractivity contribution in [3.05, 3.63) is 0 Å². The van der Waals surface area contributed by atoms with Gasteiger partial charge in [-0.15, -0.1) is 11.6 Å². The molecule has 1 saturated carbocycles. The molecule has 0 aromatic carbocycles. The minimum atomic E-state index is 0.374. The quantitative estimate of drug-likeness (QED) is 0.500. The van der Waals surface area contributed by atoms with Crippen LogP contribution in [0.3, 0.4) is 0 Å². The largest absolute Gasteiger partial charge is 0.315 e. The molecule has 0 amide bonds. The van der Waals surface area contributed by atoms with E-state index in [0.717, 1.165) is 25.6 Å². The molecule has 1 unspecified atom stereocenters. The Bertz CT molecular complexity index is 135. The maximum absolute atomic E-state index is 6.15. The molecule has 1 aliphatic rings. The number of hydrogen-bond acceptors (Lipinski definition) is 2. The minimum absolute atomic E-state index is 0.374. The lowest BCUT2D eigenvalue weighted by Gasteiger charge is -2.11. The summed E-state index contributed by atoms with van der Waals surface area (Å²) >= 11 is 6.15. The minimum Gasteiger partial charge on any atom is -0.315 e. The van der Waals surface area contributed by atoms with Gasteiger partial charge < -0.3 is 10.2 Å². The summed E-state index contributed by atoms with van der Waals surface area (Å²) in [6.07, 6.45) is 3.89. The first-order valence-electron chi connectivity index (χ1n) is 5.19. The van der Waals surface area contributed by atoms with Crippen LogP contribution in [0.5, 0.6) is 0 Å². The van der Waals surface area contributed by atoms with Crippen LogP contribution >= 0.6 is 11.6 Å². The van der Waals surface area contributed by atoms with E-state index in [-0.39, 0.29) is 0 Å². The van der Waals surface area contributed by atoms with Crippen molar-refractivity contribution < 1.29 is 0 Å². The van der Waals surface area contributed by atoms with Gasteiger partial charge in [0.05, 0.1) is 0 Å². The van der Waals surface area contributed by atoms with Gasteiger partial charge in [0.15, 0.2) is 0 Å². The summed E-state index contributed by atoms with van der Waals surface area (Å²) in [5, 5.41) is 3.78. The molecule has 13 heavy (non-hydrogen) atoms. The van der Waals surface area contributed by atoms with E-state index in [0.29, 0.717) is 5.38 Å². The highest BCUT2D eigenvalue weighted by atomic mass is 35.5. The second-order valence-corrected chi connectivity index (χ2v) is 4.77. The molecule has 0 aliphatic heterocycles. The standard InChI is InChI=1S/C10H21ClN2/c1-13(2)7-3-6-12-8-10(11)9-4-5-9/h9-10,12H,3-8H2,1-2H3. The molecule has 0 saturated heterocycles. The van der Waals surface area contributed by atoms with Crippen LogP contribution in [0.25, 0.3) is 0 Å². The van der Waals surface area contributed by atoms with Crippen LogP contribution in [0.15, 0.2) is 0 Å². The normalized spacial score (nSPS) is 19.4. The monoisotopic (exact) mass is 204 g/mol. The molecule has 1 atom stereocenters. The first kappa shape index (κ1) is 11.3. The molecule has 1 fully saturated rings. The molecule has 0 aromatic heterocycles. The fraction of sp³-hybridized carbons (Fsp3) is 1.00. The summed E-state index contributed by atoms with van der Waals surface area (Å²) in [5.74, 6) is 0.808. The molecular weight excluding hydrogens is 184 g/mol. The third-order valence-electron chi connectivity index (χ3n) is 2.43. The molecule has 0 aromatic rings. The third-order valence-corrected chi connectivity index (χ3v) is 2.94. The maximum atomic E-state index is 6.15. The lowest BCUT2D eigenvalue weighted by molar-refractivity contribution is 0.394. The van der Waals surface area contributed by atoms with Crippen LogP contribution in [0.4, 0.5) is 0 Å². The molecule has 1 N–H and O–H groups in total. The average Bonchev–Trinajstić information content (AvgIpc) is 2.85. The van der Waals surface area contributed by atoms with E-state index in [4.69, 9.17) is 11.6 Å². The van der Waals surface area contributed by atoms with Crippen LogP contribution in [0.1, 0.15) is 19.3 Å². The fourth-order valence-electron chi connectivity index (χ4n) is 1.38. The summed E-state index contributed by atoms with van der Waals surface area (Å²) < 4.78 is 0. The number of hydrogen-bond donors (Lipinski definition) is 1. The number of rotatable bonds is 7. The highest BCUT2D eigenvalue weighted by Crippen LogP contribution is 2.35. The van der Waals surface area contributed by atoms with Crippen molar-refractivity contribution in [1.29, 1.82) is 0 Å². The van der Waals surface area contributed by atoms with Gasteiger partial charge in [0.25, 0.3) is 0 Å². The van der Waals surface area contributed by atoms with Crippen LogP contribution in [0.2, 0.25) is 0 Å². The Morgan fingerprint density at radius 2 is 2.15 bits per heavy atom. The van der Waals surface area contributed by atoms with Gasteiger partial charge in [0, 0.05) is 11.9 Å². The van der Waals surface area contributed by atoms with E-state index in [2.05, 4.69) is 24.3 Å². The second kappa shape index (κ2) is 5.84. The van der Waals surface area contributed by atoms with Gasteiger partial charge in [-0.2, -0.15) is 0 Å². The van der Waals surface area contributed by atoms with Crippen LogP contribution in [-0.2, 0) is 0 Å².